The fourth-order valence-corrected chi connectivity index (χ4v) is 4.08. The Hall–Kier alpha value is -3.98. The largest absolute Gasteiger partial charge is 0.419 e. The summed E-state index contributed by atoms with van der Waals surface area (Å²) in [5.41, 5.74) is 2.56. The monoisotopic (exact) mass is 497 g/mol. The molecule has 1 aliphatic carbocycles. The van der Waals surface area contributed by atoms with Crippen LogP contribution >= 0.6 is 0 Å². The number of aliphatic hydroxyl groups excluding tert-OH is 1. The molecule has 1 heterocycles. The molecule has 190 valence electrons. The van der Waals surface area contributed by atoms with Gasteiger partial charge in [-0.3, -0.25) is 9.69 Å². The van der Waals surface area contributed by atoms with Crippen molar-refractivity contribution < 1.29 is 28.2 Å². The minimum atomic E-state index is -1.02. The number of carbonyl (C=O) groups excluding carboxylic acids is 2. The number of aliphatic hydroxyl groups is 1. The predicted octanol–water partition coefficient (Wildman–Crippen LogP) is 4.32. The fraction of sp³-hybridized carbons (Fsp3) is 0.259. The number of amides is 2. The molecule has 9 heteroatoms. The molecule has 0 radical (unpaired) electrons. The number of hydrogen-bond donors (Lipinski definition) is 2. The molecular formula is C27H29F2N3O4. The summed E-state index contributed by atoms with van der Waals surface area (Å²) in [6, 6.07) is 2.20. The SMILES string of the molecule is C=C(/C=C1\C(=C)N(C(C)=O)C(C)CN1C(=O)Oc1ccc(F)cc1F)C1=C(NCCO)CC=CC=C1. The molecule has 1 saturated heterocycles. The maximum absolute atomic E-state index is 14.2. The Morgan fingerprint density at radius 3 is 2.72 bits per heavy atom. The van der Waals surface area contributed by atoms with E-state index in [0.29, 0.717) is 24.6 Å². The van der Waals surface area contributed by atoms with E-state index in [0.717, 1.165) is 23.4 Å². The highest BCUT2D eigenvalue weighted by atomic mass is 19.1. The molecule has 1 aromatic rings. The first-order valence-electron chi connectivity index (χ1n) is 11.4. The lowest BCUT2D eigenvalue weighted by Crippen LogP contribution is -2.52. The molecule has 0 saturated carbocycles. The Labute approximate surface area is 209 Å². The van der Waals surface area contributed by atoms with Gasteiger partial charge in [0.25, 0.3) is 0 Å². The molecule has 1 atom stereocenters. The van der Waals surface area contributed by atoms with Crippen LogP contribution < -0.4 is 10.1 Å². The summed E-state index contributed by atoms with van der Waals surface area (Å²) in [5.74, 6) is -2.51. The Morgan fingerprint density at radius 2 is 2.06 bits per heavy atom. The maximum atomic E-state index is 14.2. The van der Waals surface area contributed by atoms with Crippen LogP contribution in [-0.4, -0.2) is 52.6 Å². The van der Waals surface area contributed by atoms with Gasteiger partial charge in [-0.1, -0.05) is 37.5 Å². The topological polar surface area (TPSA) is 82.1 Å². The lowest BCUT2D eigenvalue weighted by molar-refractivity contribution is -0.129. The minimum absolute atomic E-state index is 0.0470. The third-order valence-corrected chi connectivity index (χ3v) is 5.68. The van der Waals surface area contributed by atoms with E-state index in [1.165, 1.54) is 16.7 Å². The van der Waals surface area contributed by atoms with Gasteiger partial charge in [-0.25, -0.2) is 13.6 Å². The van der Waals surface area contributed by atoms with E-state index in [1.807, 2.05) is 24.3 Å². The second-order valence-electron chi connectivity index (χ2n) is 8.33. The van der Waals surface area contributed by atoms with Gasteiger partial charge in [-0.15, -0.1) is 0 Å². The second kappa shape index (κ2) is 11.6. The van der Waals surface area contributed by atoms with Gasteiger partial charge in [0.05, 0.1) is 24.0 Å². The van der Waals surface area contributed by atoms with E-state index in [4.69, 9.17) is 4.74 Å². The number of carbonyl (C=O) groups is 2. The van der Waals surface area contributed by atoms with Crippen LogP contribution in [0.2, 0.25) is 0 Å². The molecule has 1 aromatic carbocycles. The normalized spacial score (nSPS) is 19.0. The van der Waals surface area contributed by atoms with Crippen LogP contribution in [0.5, 0.6) is 5.75 Å². The van der Waals surface area contributed by atoms with Crippen molar-refractivity contribution in [2.24, 2.45) is 0 Å². The number of nitrogens with zero attached hydrogens (tertiary/aromatic N) is 2. The number of hydrogen-bond acceptors (Lipinski definition) is 5. The molecule has 2 aliphatic rings. The van der Waals surface area contributed by atoms with Crippen molar-refractivity contribution in [3.05, 3.63) is 102 Å². The quantitative estimate of drug-likeness (QED) is 0.612. The zero-order valence-corrected chi connectivity index (χ0v) is 20.3. The standard InChI is InChI=1S/C27H29F2N3O4/c1-17(22-8-6-5-7-9-24(22)30-12-13-33)14-25-19(3)32(20(4)34)18(2)16-31(25)27(35)36-26-11-10-21(28)15-23(26)29/h5-8,10-11,14-15,18,30,33H,1,3,9,12-13,16H2,2,4H3/b25-14+. The fourth-order valence-electron chi connectivity index (χ4n) is 4.08. The third kappa shape index (κ3) is 5.98. The van der Waals surface area contributed by atoms with Gasteiger partial charge in [0.1, 0.15) is 5.82 Å². The number of halogens is 2. The highest BCUT2D eigenvalue weighted by Crippen LogP contribution is 2.32. The Morgan fingerprint density at radius 1 is 1.31 bits per heavy atom. The molecule has 1 unspecified atom stereocenters. The van der Waals surface area contributed by atoms with Gasteiger partial charge in [-0.2, -0.15) is 0 Å². The van der Waals surface area contributed by atoms with Crippen LogP contribution in [0.1, 0.15) is 20.3 Å². The van der Waals surface area contributed by atoms with E-state index in [-0.39, 0.29) is 30.5 Å². The average molecular weight is 498 g/mol. The number of rotatable bonds is 6. The van der Waals surface area contributed by atoms with E-state index in [9.17, 15) is 23.5 Å². The van der Waals surface area contributed by atoms with Crippen molar-refractivity contribution >= 4 is 12.0 Å². The van der Waals surface area contributed by atoms with E-state index in [1.54, 1.807) is 13.0 Å². The number of piperazine rings is 1. The van der Waals surface area contributed by atoms with Crippen molar-refractivity contribution in [3.63, 3.8) is 0 Å². The molecule has 7 nitrogen and oxygen atoms in total. The summed E-state index contributed by atoms with van der Waals surface area (Å²) in [7, 11) is 0. The van der Waals surface area contributed by atoms with Crippen LogP contribution in [-0.2, 0) is 4.79 Å². The van der Waals surface area contributed by atoms with Crippen molar-refractivity contribution in [1.82, 2.24) is 15.1 Å². The van der Waals surface area contributed by atoms with E-state index in [2.05, 4.69) is 18.5 Å². The second-order valence-corrected chi connectivity index (χ2v) is 8.33. The average Bonchev–Trinajstić information content (AvgIpc) is 3.06. The summed E-state index contributed by atoms with van der Waals surface area (Å²) in [4.78, 5) is 28.2. The van der Waals surface area contributed by atoms with E-state index >= 15 is 0 Å². The molecule has 3 rings (SSSR count). The van der Waals surface area contributed by atoms with Crippen LogP contribution in [0.25, 0.3) is 0 Å². The third-order valence-electron chi connectivity index (χ3n) is 5.68. The number of benzene rings is 1. The van der Waals surface area contributed by atoms with Gasteiger partial charge in [0, 0.05) is 43.8 Å². The number of nitrogens with one attached hydrogen (secondary N) is 1. The Bertz CT molecular complexity index is 1200. The summed E-state index contributed by atoms with van der Waals surface area (Å²) in [6.07, 6.45) is 8.78. The molecule has 0 aromatic heterocycles. The Kier molecular flexibility index (Phi) is 8.60. The molecule has 0 spiro atoms. The van der Waals surface area contributed by atoms with Gasteiger partial charge >= 0.3 is 6.09 Å². The molecular weight excluding hydrogens is 468 g/mol. The lowest BCUT2D eigenvalue weighted by Gasteiger charge is -2.42. The van der Waals surface area contributed by atoms with Crippen molar-refractivity contribution in [2.45, 2.75) is 26.3 Å². The first kappa shape index (κ1) is 26.6. The summed E-state index contributed by atoms with van der Waals surface area (Å²) in [6.45, 7) is 11.7. The highest BCUT2D eigenvalue weighted by molar-refractivity contribution is 5.80. The zero-order chi connectivity index (χ0) is 26.4. The Balaban J connectivity index is 2.01. The first-order valence-corrected chi connectivity index (χ1v) is 11.4. The summed E-state index contributed by atoms with van der Waals surface area (Å²) < 4.78 is 32.7. The predicted molar refractivity (Wildman–Crippen MR) is 132 cm³/mol. The van der Waals surface area contributed by atoms with Crippen molar-refractivity contribution in [1.29, 1.82) is 0 Å². The maximum Gasteiger partial charge on any atom is 0.419 e. The smallest absolute Gasteiger partial charge is 0.407 e. The summed E-state index contributed by atoms with van der Waals surface area (Å²) in [5, 5.41) is 12.4. The molecule has 2 N–H and O–H groups in total. The van der Waals surface area contributed by atoms with Gasteiger partial charge < -0.3 is 20.1 Å². The first-order chi connectivity index (χ1) is 17.1. The lowest BCUT2D eigenvalue weighted by atomic mass is 10.00. The molecule has 2 amide bonds. The van der Waals surface area contributed by atoms with Crippen molar-refractivity contribution in [2.75, 3.05) is 19.7 Å². The van der Waals surface area contributed by atoms with Crippen molar-refractivity contribution in [3.8, 4) is 5.75 Å². The van der Waals surface area contributed by atoms with Crippen LogP contribution in [0, 0.1) is 11.6 Å². The molecule has 1 aliphatic heterocycles. The molecule has 1 fully saturated rings. The summed E-state index contributed by atoms with van der Waals surface area (Å²) >= 11 is 0. The minimum Gasteiger partial charge on any atom is -0.407 e. The number of ether oxygens (including phenoxy) is 1. The van der Waals surface area contributed by atoms with E-state index < -0.39 is 29.5 Å². The number of allylic oxidation sites excluding steroid dienone is 7. The zero-order valence-electron chi connectivity index (χ0n) is 20.3. The molecule has 0 bridgehead atoms. The van der Waals surface area contributed by atoms with Gasteiger partial charge in [-0.05, 0) is 30.7 Å². The van der Waals surface area contributed by atoms with Crippen LogP contribution in [0.4, 0.5) is 13.6 Å². The molecule has 36 heavy (non-hydrogen) atoms. The van der Waals surface area contributed by atoms with Gasteiger partial charge in [0.2, 0.25) is 5.91 Å². The highest BCUT2D eigenvalue weighted by Gasteiger charge is 2.36. The van der Waals surface area contributed by atoms with Crippen LogP contribution in [0.15, 0.2) is 90.0 Å². The van der Waals surface area contributed by atoms with Crippen LogP contribution in [0.3, 0.4) is 0 Å². The van der Waals surface area contributed by atoms with Gasteiger partial charge in [0.15, 0.2) is 11.6 Å².